The Bertz CT molecular complexity index is 620. The van der Waals surface area contributed by atoms with Gasteiger partial charge in [0.2, 0.25) is 0 Å². The summed E-state index contributed by atoms with van der Waals surface area (Å²) in [6.45, 7) is 0. The molecule has 1 unspecified atom stereocenters. The third kappa shape index (κ3) is 2.26. The van der Waals surface area contributed by atoms with E-state index in [4.69, 9.17) is 0 Å². The number of likely N-dealkylation sites (N-methyl/N-ethyl adjacent to an activating group) is 1. The van der Waals surface area contributed by atoms with Crippen LogP contribution in [0.2, 0.25) is 0 Å². The molecule has 3 rings (SSSR count). The van der Waals surface area contributed by atoms with Crippen molar-refractivity contribution < 1.29 is 8.78 Å². The Balaban J connectivity index is 2.08. The summed E-state index contributed by atoms with van der Waals surface area (Å²) in [5.41, 5.74) is 1.46. The highest BCUT2D eigenvalue weighted by Crippen LogP contribution is 2.52. The Morgan fingerprint density at radius 2 is 1.71 bits per heavy atom. The Labute approximate surface area is 124 Å². The molecule has 1 aliphatic carbocycles. The first-order chi connectivity index (χ1) is 10.2. The smallest absolute Gasteiger partial charge is 0.163 e. The van der Waals surface area contributed by atoms with Crippen LogP contribution in [0.3, 0.4) is 0 Å². The van der Waals surface area contributed by atoms with Crippen molar-refractivity contribution in [2.75, 3.05) is 7.05 Å². The first kappa shape index (κ1) is 14.2. The van der Waals surface area contributed by atoms with Gasteiger partial charge in [-0.1, -0.05) is 48.9 Å². The van der Waals surface area contributed by atoms with Crippen LogP contribution >= 0.6 is 0 Å². The van der Waals surface area contributed by atoms with Crippen LogP contribution in [0.1, 0.15) is 36.4 Å². The maximum atomic E-state index is 14.2. The molecule has 0 amide bonds. The van der Waals surface area contributed by atoms with Gasteiger partial charge in [0.15, 0.2) is 11.6 Å². The zero-order valence-electron chi connectivity index (χ0n) is 12.1. The van der Waals surface area contributed by atoms with Gasteiger partial charge >= 0.3 is 0 Å². The molecule has 1 N–H and O–H groups in total. The lowest BCUT2D eigenvalue weighted by Gasteiger charge is -2.48. The highest BCUT2D eigenvalue weighted by atomic mass is 19.2. The summed E-state index contributed by atoms with van der Waals surface area (Å²) in [5, 5.41) is 3.22. The van der Waals surface area contributed by atoms with Gasteiger partial charge < -0.3 is 5.32 Å². The number of hydrogen-bond acceptors (Lipinski definition) is 1. The molecule has 21 heavy (non-hydrogen) atoms. The largest absolute Gasteiger partial charge is 0.312 e. The molecule has 2 aromatic rings. The summed E-state index contributed by atoms with van der Waals surface area (Å²) >= 11 is 0. The Morgan fingerprint density at radius 1 is 1.00 bits per heavy atom. The van der Waals surface area contributed by atoms with Gasteiger partial charge in [-0.25, -0.2) is 8.78 Å². The standard InChI is InChI=1S/C18H19F2N/c1-21-17(14-9-5-10-15(19)16(14)20)18(11-6-12-18)13-7-3-2-4-8-13/h2-5,7-10,17,21H,6,11-12H2,1H3. The quantitative estimate of drug-likeness (QED) is 0.881. The molecule has 0 heterocycles. The second kappa shape index (κ2) is 5.57. The molecule has 0 bridgehead atoms. The van der Waals surface area contributed by atoms with Crippen molar-refractivity contribution in [3.05, 3.63) is 71.3 Å². The van der Waals surface area contributed by atoms with Crippen LogP contribution in [0.5, 0.6) is 0 Å². The van der Waals surface area contributed by atoms with E-state index >= 15 is 0 Å². The SMILES string of the molecule is CNC(c1cccc(F)c1F)C1(c2ccccc2)CCC1. The average Bonchev–Trinajstić information content (AvgIpc) is 2.47. The fourth-order valence-corrected chi connectivity index (χ4v) is 3.54. The second-order valence-electron chi connectivity index (χ2n) is 5.74. The lowest BCUT2D eigenvalue weighted by atomic mass is 9.58. The lowest BCUT2D eigenvalue weighted by Crippen LogP contribution is -2.46. The van der Waals surface area contributed by atoms with E-state index in [2.05, 4.69) is 17.4 Å². The van der Waals surface area contributed by atoms with E-state index < -0.39 is 11.6 Å². The maximum absolute atomic E-state index is 14.2. The van der Waals surface area contributed by atoms with E-state index in [1.165, 1.54) is 11.6 Å². The molecule has 0 aliphatic heterocycles. The molecule has 0 spiro atoms. The van der Waals surface area contributed by atoms with Crippen molar-refractivity contribution in [3.63, 3.8) is 0 Å². The number of benzene rings is 2. The van der Waals surface area contributed by atoms with Crippen LogP contribution in [0, 0.1) is 11.6 Å². The molecule has 110 valence electrons. The fraction of sp³-hybridized carbons (Fsp3) is 0.333. The minimum absolute atomic E-state index is 0.148. The van der Waals surface area contributed by atoms with E-state index in [1.54, 1.807) is 12.1 Å². The minimum atomic E-state index is -0.782. The van der Waals surface area contributed by atoms with Crippen LogP contribution in [0.4, 0.5) is 8.78 Å². The zero-order chi connectivity index (χ0) is 14.9. The molecule has 1 fully saturated rings. The first-order valence-corrected chi connectivity index (χ1v) is 7.36. The molecule has 0 aromatic heterocycles. The van der Waals surface area contributed by atoms with Gasteiger partial charge in [-0.3, -0.25) is 0 Å². The predicted molar refractivity (Wildman–Crippen MR) is 80.1 cm³/mol. The maximum Gasteiger partial charge on any atom is 0.163 e. The van der Waals surface area contributed by atoms with Gasteiger partial charge in [-0.05, 0) is 31.5 Å². The van der Waals surface area contributed by atoms with Crippen molar-refractivity contribution in [1.29, 1.82) is 0 Å². The number of nitrogens with one attached hydrogen (secondary N) is 1. The normalized spacial score (nSPS) is 18.0. The predicted octanol–water partition coefficient (Wildman–Crippen LogP) is 4.35. The monoisotopic (exact) mass is 287 g/mol. The van der Waals surface area contributed by atoms with Gasteiger partial charge in [-0.15, -0.1) is 0 Å². The van der Waals surface area contributed by atoms with Crippen LogP contribution in [-0.2, 0) is 5.41 Å². The van der Waals surface area contributed by atoms with Crippen molar-refractivity contribution in [2.24, 2.45) is 0 Å². The van der Waals surface area contributed by atoms with Gasteiger partial charge in [0.1, 0.15) is 0 Å². The summed E-state index contributed by atoms with van der Waals surface area (Å²) < 4.78 is 27.8. The Kier molecular flexibility index (Phi) is 3.77. The molecular weight excluding hydrogens is 268 g/mol. The topological polar surface area (TPSA) is 12.0 Å². The van der Waals surface area contributed by atoms with E-state index in [1.807, 2.05) is 25.2 Å². The summed E-state index contributed by atoms with van der Waals surface area (Å²) in [7, 11) is 1.82. The third-order valence-electron chi connectivity index (χ3n) is 4.73. The first-order valence-electron chi connectivity index (χ1n) is 7.36. The Morgan fingerprint density at radius 3 is 2.29 bits per heavy atom. The average molecular weight is 287 g/mol. The van der Waals surface area contributed by atoms with Gasteiger partial charge in [-0.2, -0.15) is 0 Å². The summed E-state index contributed by atoms with van der Waals surface area (Å²) in [6, 6.07) is 14.4. The fourth-order valence-electron chi connectivity index (χ4n) is 3.54. The molecule has 1 atom stereocenters. The van der Waals surface area contributed by atoms with Crippen LogP contribution in [-0.4, -0.2) is 7.05 Å². The van der Waals surface area contributed by atoms with Crippen molar-refractivity contribution in [3.8, 4) is 0 Å². The number of halogens is 2. The molecule has 1 aliphatic rings. The zero-order valence-corrected chi connectivity index (χ0v) is 12.1. The van der Waals surface area contributed by atoms with E-state index in [0.717, 1.165) is 19.3 Å². The molecular formula is C18H19F2N. The summed E-state index contributed by atoms with van der Waals surface area (Å²) in [4.78, 5) is 0. The van der Waals surface area contributed by atoms with E-state index in [0.29, 0.717) is 5.56 Å². The van der Waals surface area contributed by atoms with Gasteiger partial charge in [0.05, 0.1) is 0 Å². The minimum Gasteiger partial charge on any atom is -0.312 e. The molecule has 1 saturated carbocycles. The molecule has 0 saturated heterocycles. The van der Waals surface area contributed by atoms with Crippen molar-refractivity contribution in [2.45, 2.75) is 30.7 Å². The summed E-state index contributed by atoms with van der Waals surface area (Å²) in [6.07, 6.45) is 3.08. The third-order valence-corrected chi connectivity index (χ3v) is 4.73. The van der Waals surface area contributed by atoms with Gasteiger partial charge in [0, 0.05) is 17.0 Å². The molecule has 1 nitrogen and oxygen atoms in total. The van der Waals surface area contributed by atoms with Crippen molar-refractivity contribution >= 4 is 0 Å². The van der Waals surface area contributed by atoms with Crippen LogP contribution in [0.25, 0.3) is 0 Å². The highest BCUT2D eigenvalue weighted by Gasteiger charge is 2.46. The van der Waals surface area contributed by atoms with E-state index in [-0.39, 0.29) is 11.5 Å². The highest BCUT2D eigenvalue weighted by molar-refractivity contribution is 5.36. The van der Waals surface area contributed by atoms with Crippen LogP contribution in [0.15, 0.2) is 48.5 Å². The number of hydrogen-bond donors (Lipinski definition) is 1. The Hall–Kier alpha value is -1.74. The molecule has 3 heteroatoms. The molecule has 0 radical (unpaired) electrons. The second-order valence-corrected chi connectivity index (χ2v) is 5.74. The van der Waals surface area contributed by atoms with Crippen molar-refractivity contribution in [1.82, 2.24) is 5.32 Å². The summed E-state index contributed by atoms with van der Waals surface area (Å²) in [5.74, 6) is -1.52. The van der Waals surface area contributed by atoms with Gasteiger partial charge in [0.25, 0.3) is 0 Å². The van der Waals surface area contributed by atoms with Crippen LogP contribution < -0.4 is 5.32 Å². The molecule has 2 aromatic carbocycles. The van der Waals surface area contributed by atoms with E-state index in [9.17, 15) is 8.78 Å². The number of rotatable bonds is 4. The lowest BCUT2D eigenvalue weighted by molar-refractivity contribution is 0.172.